The summed E-state index contributed by atoms with van der Waals surface area (Å²) in [4.78, 5) is 43.3. The molecule has 3 N–H and O–H groups in total. The molecule has 45 heavy (non-hydrogen) atoms. The van der Waals surface area contributed by atoms with Crippen molar-refractivity contribution in [1.29, 1.82) is 0 Å². The van der Waals surface area contributed by atoms with Crippen molar-refractivity contribution >= 4 is 56.7 Å². The van der Waals surface area contributed by atoms with Crippen LogP contribution in [-0.2, 0) is 16.0 Å². The Labute approximate surface area is 270 Å². The number of likely N-dealkylation sites (N-methyl/N-ethyl adjacent to an activating group) is 2. The van der Waals surface area contributed by atoms with Crippen molar-refractivity contribution in [2.45, 2.75) is 39.5 Å². The number of unbranched alkanes of at least 4 members (excludes halogenated alkanes) is 1. The van der Waals surface area contributed by atoms with E-state index in [-0.39, 0.29) is 18.2 Å². The third-order valence-corrected chi connectivity index (χ3v) is 7.50. The number of nitrogens with zero attached hydrogens (tertiary/aromatic N) is 3. The molecule has 0 atom stereocenters. The van der Waals surface area contributed by atoms with E-state index in [1.54, 1.807) is 19.3 Å². The molecule has 242 valence electrons. The first kappa shape index (κ1) is 35.3. The molecule has 0 bridgehead atoms. The first-order chi connectivity index (χ1) is 21.6. The lowest BCUT2D eigenvalue weighted by Crippen LogP contribution is -2.38. The fraction of sp³-hybridized carbons (Fsp3) is 0.412. The van der Waals surface area contributed by atoms with Gasteiger partial charge in [-0.1, -0.05) is 25.4 Å². The number of carbonyl (C=O) groups excluding carboxylic acids is 2. The summed E-state index contributed by atoms with van der Waals surface area (Å²) in [6.07, 6.45) is 5.04. The number of rotatable bonds is 14. The van der Waals surface area contributed by atoms with E-state index in [2.05, 4.69) is 39.7 Å². The number of aromatic nitrogens is 1. The quantitative estimate of drug-likeness (QED) is 0.130. The molecule has 2 amide bonds. The van der Waals surface area contributed by atoms with Crippen molar-refractivity contribution in [1.82, 2.24) is 20.5 Å². The van der Waals surface area contributed by atoms with Gasteiger partial charge in [0.25, 0.3) is 0 Å². The molecular weight excluding hydrogens is 592 g/mol. The third kappa shape index (κ3) is 11.1. The van der Waals surface area contributed by atoms with Gasteiger partial charge in [0.1, 0.15) is 5.58 Å². The number of hydrogen-bond donors (Lipinski definition) is 3. The van der Waals surface area contributed by atoms with E-state index in [1.165, 1.54) is 6.07 Å². The van der Waals surface area contributed by atoms with E-state index >= 15 is 0 Å². The summed E-state index contributed by atoms with van der Waals surface area (Å²) in [5.74, 6) is -0.0164. The zero-order valence-electron chi connectivity index (χ0n) is 26.9. The standard InChI is InChI=1S/C20H29ClN4O.C14H16N2O3/c1-3-10-24-20(26)15-25(4-2)13-6-5-11-22-18-9-12-23-19-14-16(21)7-8-17(18)19;1-15-13(17)6-9-7-14(18)19-12-8-10(16(2)3)4-5-11(9)12/h7-9,12,14H,3-6,10-11,13,15H2,1-2H3,(H,22,23)(H,24,26);4-5,7-8H,6H2,1-3H3,(H,15,17). The Morgan fingerprint density at radius 2 is 1.73 bits per heavy atom. The van der Waals surface area contributed by atoms with Crippen LogP contribution in [0.5, 0.6) is 0 Å². The van der Waals surface area contributed by atoms with Crippen LogP contribution in [0, 0.1) is 0 Å². The second-order valence-corrected chi connectivity index (χ2v) is 11.3. The van der Waals surface area contributed by atoms with Crippen molar-refractivity contribution in [2.75, 3.05) is 64.1 Å². The summed E-state index contributed by atoms with van der Waals surface area (Å²) in [6.45, 7) is 8.12. The van der Waals surface area contributed by atoms with Crippen LogP contribution >= 0.6 is 11.6 Å². The molecule has 0 fully saturated rings. The smallest absolute Gasteiger partial charge is 0.336 e. The summed E-state index contributed by atoms with van der Waals surface area (Å²) >= 11 is 6.03. The number of fused-ring (bicyclic) bond motifs is 2. The van der Waals surface area contributed by atoms with Gasteiger partial charge in [-0.25, -0.2) is 4.79 Å². The van der Waals surface area contributed by atoms with Crippen molar-refractivity contribution in [2.24, 2.45) is 0 Å². The van der Waals surface area contributed by atoms with Crippen LogP contribution in [0.1, 0.15) is 38.7 Å². The zero-order valence-corrected chi connectivity index (χ0v) is 27.7. The lowest BCUT2D eigenvalue weighted by Gasteiger charge is -2.19. The maximum absolute atomic E-state index is 11.8. The van der Waals surface area contributed by atoms with Crippen molar-refractivity contribution in [3.8, 4) is 0 Å². The molecule has 2 aromatic carbocycles. The third-order valence-electron chi connectivity index (χ3n) is 7.27. The summed E-state index contributed by atoms with van der Waals surface area (Å²) in [5, 5.41) is 11.5. The van der Waals surface area contributed by atoms with Crippen LogP contribution in [0.25, 0.3) is 21.9 Å². The summed E-state index contributed by atoms with van der Waals surface area (Å²) < 4.78 is 5.19. The van der Waals surface area contributed by atoms with Crippen LogP contribution in [0.15, 0.2) is 63.9 Å². The van der Waals surface area contributed by atoms with Crippen molar-refractivity contribution in [3.63, 3.8) is 0 Å². The Morgan fingerprint density at radius 1 is 0.956 bits per heavy atom. The highest BCUT2D eigenvalue weighted by molar-refractivity contribution is 6.31. The van der Waals surface area contributed by atoms with E-state index in [9.17, 15) is 14.4 Å². The summed E-state index contributed by atoms with van der Waals surface area (Å²) in [5.41, 5.74) is 3.65. The van der Waals surface area contributed by atoms with Crippen LogP contribution in [0.4, 0.5) is 11.4 Å². The molecule has 0 radical (unpaired) electrons. The topological polar surface area (TPSA) is 120 Å². The Hall–Kier alpha value is -4.15. The minimum atomic E-state index is -0.442. The fourth-order valence-corrected chi connectivity index (χ4v) is 4.90. The van der Waals surface area contributed by atoms with Gasteiger partial charge < -0.3 is 25.3 Å². The van der Waals surface area contributed by atoms with Crippen LogP contribution in [0.3, 0.4) is 0 Å². The Morgan fingerprint density at radius 3 is 2.44 bits per heavy atom. The Balaban J connectivity index is 0.000000257. The summed E-state index contributed by atoms with van der Waals surface area (Å²) in [7, 11) is 5.39. The highest BCUT2D eigenvalue weighted by Gasteiger charge is 2.11. The maximum atomic E-state index is 11.8. The average Bonchev–Trinajstić information content (AvgIpc) is 3.02. The predicted molar refractivity (Wildman–Crippen MR) is 184 cm³/mol. The van der Waals surface area contributed by atoms with Gasteiger partial charge >= 0.3 is 5.63 Å². The molecule has 4 rings (SSSR count). The number of hydrogen-bond acceptors (Lipinski definition) is 8. The molecule has 0 saturated heterocycles. The molecule has 0 aliphatic rings. The van der Waals surface area contributed by atoms with Crippen molar-refractivity contribution in [3.05, 3.63) is 75.7 Å². The van der Waals surface area contributed by atoms with Crippen molar-refractivity contribution < 1.29 is 14.0 Å². The molecule has 0 unspecified atom stereocenters. The molecule has 0 aliphatic heterocycles. The largest absolute Gasteiger partial charge is 0.423 e. The normalized spacial score (nSPS) is 10.8. The highest BCUT2D eigenvalue weighted by Crippen LogP contribution is 2.25. The van der Waals surface area contributed by atoms with Crippen LogP contribution in [0.2, 0.25) is 5.02 Å². The van der Waals surface area contributed by atoms with Gasteiger partial charge in [0.05, 0.1) is 18.5 Å². The van der Waals surface area contributed by atoms with Gasteiger partial charge in [-0.15, -0.1) is 0 Å². The lowest BCUT2D eigenvalue weighted by molar-refractivity contribution is -0.122. The molecule has 4 aromatic rings. The molecule has 11 heteroatoms. The van der Waals surface area contributed by atoms with Gasteiger partial charge in [0.15, 0.2) is 0 Å². The average molecular weight is 637 g/mol. The van der Waals surface area contributed by atoms with E-state index in [0.717, 1.165) is 73.1 Å². The number of nitrogens with one attached hydrogen (secondary N) is 3. The first-order valence-electron chi connectivity index (χ1n) is 15.4. The fourth-order valence-electron chi connectivity index (χ4n) is 4.74. The molecule has 0 aliphatic carbocycles. The number of carbonyl (C=O) groups is 2. The number of pyridine rings is 1. The Bertz CT molecular complexity index is 1620. The minimum absolute atomic E-state index is 0.119. The van der Waals surface area contributed by atoms with E-state index in [0.29, 0.717) is 22.7 Å². The number of benzene rings is 2. The van der Waals surface area contributed by atoms with E-state index in [4.69, 9.17) is 16.0 Å². The molecule has 2 heterocycles. The number of amides is 2. The first-order valence-corrected chi connectivity index (χ1v) is 15.7. The lowest BCUT2D eigenvalue weighted by atomic mass is 10.1. The zero-order chi connectivity index (χ0) is 32.8. The van der Waals surface area contributed by atoms with E-state index in [1.807, 2.05) is 55.4 Å². The molecule has 10 nitrogen and oxygen atoms in total. The van der Waals surface area contributed by atoms with E-state index < -0.39 is 5.63 Å². The summed E-state index contributed by atoms with van der Waals surface area (Å²) in [6, 6.07) is 14.7. The maximum Gasteiger partial charge on any atom is 0.336 e. The van der Waals surface area contributed by atoms with Gasteiger partial charge in [-0.2, -0.15) is 0 Å². The molecular formula is C34H45ClN6O4. The SMILES string of the molecule is CCCNC(=O)CN(CC)CCCCNc1ccnc2cc(Cl)ccc12.CNC(=O)Cc1cc(=O)oc2cc(N(C)C)ccc12. The Kier molecular flexibility index (Phi) is 14.1. The second kappa shape index (κ2) is 18.0. The molecule has 2 aromatic heterocycles. The number of anilines is 2. The molecule has 0 spiro atoms. The van der Waals surface area contributed by atoms with Crippen LogP contribution in [-0.4, -0.2) is 75.6 Å². The molecule has 0 saturated carbocycles. The monoisotopic (exact) mass is 636 g/mol. The highest BCUT2D eigenvalue weighted by atomic mass is 35.5. The van der Waals surface area contributed by atoms with Gasteiger partial charge in [0.2, 0.25) is 11.8 Å². The van der Waals surface area contributed by atoms with Gasteiger partial charge in [-0.05, 0) is 74.3 Å². The van der Waals surface area contributed by atoms with Crippen LogP contribution < -0.4 is 26.5 Å². The van der Waals surface area contributed by atoms with Gasteiger partial charge in [0, 0.05) is 79.7 Å². The number of halogens is 1. The van der Waals surface area contributed by atoms with Gasteiger partial charge in [-0.3, -0.25) is 19.5 Å². The minimum Gasteiger partial charge on any atom is -0.423 e. The second-order valence-electron chi connectivity index (χ2n) is 10.9. The predicted octanol–water partition coefficient (Wildman–Crippen LogP) is 5.08.